The van der Waals surface area contributed by atoms with E-state index in [1.165, 1.54) is 0 Å². The second kappa shape index (κ2) is 19.5. The zero-order valence-corrected chi connectivity index (χ0v) is 29.8. The number of anilines is 1. The summed E-state index contributed by atoms with van der Waals surface area (Å²) >= 11 is 0. The summed E-state index contributed by atoms with van der Waals surface area (Å²) in [6, 6.07) is 1.80. The van der Waals surface area contributed by atoms with E-state index in [0.717, 1.165) is 12.2 Å². The van der Waals surface area contributed by atoms with Crippen molar-refractivity contribution in [1.29, 1.82) is 0 Å². The molecule has 8 N–H and O–H groups in total. The molecule has 0 saturated heterocycles. The van der Waals surface area contributed by atoms with Crippen LogP contribution in [0, 0.1) is 11.3 Å². The SMILES string of the molecule is CC(C)[C@H](NC(=O)[C@H](CCC(=O)O)NC(=O)CN1C(=O)C=CC1=O)C(=O)N[C@@H](CCCNC(N)=O)C(=O)Nc1ccc(COC(=O)C(C)(C)C)cc1. The first-order valence-corrected chi connectivity index (χ1v) is 16.5. The molecule has 0 saturated carbocycles. The van der Waals surface area contributed by atoms with Gasteiger partial charge in [0, 0.05) is 30.8 Å². The van der Waals surface area contributed by atoms with Gasteiger partial charge in [-0.25, -0.2) is 4.79 Å². The maximum atomic E-state index is 13.6. The van der Waals surface area contributed by atoms with E-state index in [0.29, 0.717) is 16.2 Å². The number of ether oxygens (including phenoxy) is 1. The Bertz CT molecular complexity index is 1530. The summed E-state index contributed by atoms with van der Waals surface area (Å²) in [5.41, 5.74) is 5.49. The van der Waals surface area contributed by atoms with Crippen LogP contribution in [0.3, 0.4) is 0 Å². The number of rotatable bonds is 19. The van der Waals surface area contributed by atoms with E-state index in [9.17, 15) is 48.3 Å². The van der Waals surface area contributed by atoms with Gasteiger partial charge in [-0.1, -0.05) is 26.0 Å². The molecular weight excluding hydrogens is 682 g/mol. The number of aliphatic carboxylic acids is 1. The van der Waals surface area contributed by atoms with Gasteiger partial charge >= 0.3 is 18.0 Å². The number of urea groups is 1. The Balaban J connectivity index is 2.17. The van der Waals surface area contributed by atoms with Crippen LogP contribution in [0.4, 0.5) is 10.5 Å². The summed E-state index contributed by atoms with van der Waals surface area (Å²) in [6.45, 7) is 7.81. The van der Waals surface area contributed by atoms with Gasteiger partial charge in [-0.2, -0.15) is 0 Å². The number of imide groups is 1. The van der Waals surface area contributed by atoms with Crippen LogP contribution in [-0.2, 0) is 49.7 Å². The third kappa shape index (κ3) is 14.2. The van der Waals surface area contributed by atoms with E-state index in [1.54, 1.807) is 58.9 Å². The molecule has 0 bridgehead atoms. The molecule has 2 rings (SSSR count). The number of hydrogen-bond donors (Lipinski definition) is 7. The predicted octanol–water partition coefficient (Wildman–Crippen LogP) is 0.0631. The average Bonchev–Trinajstić information content (AvgIpc) is 3.37. The van der Waals surface area contributed by atoms with Crippen molar-refractivity contribution < 1.29 is 53.0 Å². The largest absolute Gasteiger partial charge is 0.481 e. The standard InChI is InChI=1S/C34H47N7O11/c1-19(2)28(40-30(48)23(12-15-27(45)46)38-24(42)17-41-25(43)13-14-26(41)44)31(49)39-22(7-6-16-36-33(35)51)29(47)37-21-10-8-20(9-11-21)18-52-32(50)34(3,4)5/h8-11,13-14,19,22-23,28H,6-7,12,15-18H2,1-5H3,(H,37,47)(H,38,42)(H,39,49)(H,40,48)(H,45,46)(H3,35,36,51)/t22-,23-,28-/m0/s1. The molecule has 0 aromatic heterocycles. The van der Waals surface area contributed by atoms with E-state index < -0.39 is 89.9 Å². The van der Waals surface area contributed by atoms with E-state index in [1.807, 2.05) is 0 Å². The monoisotopic (exact) mass is 729 g/mol. The van der Waals surface area contributed by atoms with Gasteiger partial charge in [0.1, 0.15) is 31.3 Å². The number of amides is 8. The average molecular weight is 730 g/mol. The normalized spacial score (nSPS) is 14.2. The van der Waals surface area contributed by atoms with Gasteiger partial charge in [-0.05, 0) is 63.6 Å². The number of nitrogens with two attached hydrogens (primary N) is 1. The van der Waals surface area contributed by atoms with Crippen LogP contribution in [0.15, 0.2) is 36.4 Å². The van der Waals surface area contributed by atoms with Crippen molar-refractivity contribution in [2.45, 2.75) is 85.0 Å². The predicted molar refractivity (Wildman–Crippen MR) is 185 cm³/mol. The summed E-state index contributed by atoms with van der Waals surface area (Å²) in [5.74, 6) is -6.90. The Morgan fingerprint density at radius 1 is 0.846 bits per heavy atom. The number of carboxylic acids is 1. The summed E-state index contributed by atoms with van der Waals surface area (Å²) in [7, 11) is 0. The number of esters is 1. The maximum absolute atomic E-state index is 13.6. The Labute approximate surface area is 300 Å². The number of benzene rings is 1. The number of hydrogen-bond acceptors (Lipinski definition) is 10. The second-order valence-electron chi connectivity index (χ2n) is 13.4. The van der Waals surface area contributed by atoms with Crippen LogP contribution < -0.4 is 32.3 Å². The highest BCUT2D eigenvalue weighted by atomic mass is 16.5. The number of nitrogens with zero attached hydrogens (tertiary/aromatic N) is 1. The van der Waals surface area contributed by atoms with Gasteiger partial charge < -0.3 is 42.2 Å². The third-order valence-electron chi connectivity index (χ3n) is 7.55. The molecule has 0 unspecified atom stereocenters. The van der Waals surface area contributed by atoms with Crippen LogP contribution in [0.1, 0.15) is 65.9 Å². The molecule has 3 atom stereocenters. The summed E-state index contributed by atoms with van der Waals surface area (Å²) in [4.78, 5) is 112. The van der Waals surface area contributed by atoms with E-state index >= 15 is 0 Å². The van der Waals surface area contributed by atoms with Crippen molar-refractivity contribution in [1.82, 2.24) is 26.2 Å². The van der Waals surface area contributed by atoms with E-state index in [-0.39, 0.29) is 38.4 Å². The van der Waals surface area contributed by atoms with E-state index in [2.05, 4.69) is 26.6 Å². The molecule has 0 spiro atoms. The molecule has 0 aliphatic carbocycles. The van der Waals surface area contributed by atoms with Gasteiger partial charge in [0.05, 0.1) is 5.41 Å². The van der Waals surface area contributed by atoms with Crippen LogP contribution in [0.25, 0.3) is 0 Å². The first kappa shape index (κ1) is 42.4. The molecule has 8 amide bonds. The number of carbonyl (C=O) groups is 9. The Morgan fingerprint density at radius 3 is 1.98 bits per heavy atom. The number of carboxylic acid groups (broad SMARTS) is 1. The molecule has 1 aromatic rings. The van der Waals surface area contributed by atoms with Crippen molar-refractivity contribution in [3.63, 3.8) is 0 Å². The fraction of sp³-hybridized carbons (Fsp3) is 0.500. The maximum Gasteiger partial charge on any atom is 0.312 e. The molecule has 18 nitrogen and oxygen atoms in total. The lowest BCUT2D eigenvalue weighted by molar-refractivity contribution is -0.154. The van der Waals surface area contributed by atoms with Crippen molar-refractivity contribution >= 4 is 59.1 Å². The van der Waals surface area contributed by atoms with Crippen molar-refractivity contribution in [3.8, 4) is 0 Å². The molecule has 284 valence electrons. The molecule has 1 aromatic carbocycles. The minimum Gasteiger partial charge on any atom is -0.481 e. The Kier molecular flexibility index (Phi) is 15.9. The third-order valence-corrected chi connectivity index (χ3v) is 7.55. The topological polar surface area (TPSA) is 272 Å². The molecule has 1 aliphatic rings. The Morgan fingerprint density at radius 2 is 1.44 bits per heavy atom. The van der Waals surface area contributed by atoms with Crippen LogP contribution in [0.5, 0.6) is 0 Å². The highest BCUT2D eigenvalue weighted by Gasteiger charge is 2.33. The van der Waals surface area contributed by atoms with Gasteiger partial charge in [0.2, 0.25) is 23.6 Å². The van der Waals surface area contributed by atoms with E-state index in [4.69, 9.17) is 10.5 Å². The van der Waals surface area contributed by atoms with Gasteiger partial charge in [-0.3, -0.25) is 43.3 Å². The van der Waals surface area contributed by atoms with Crippen molar-refractivity contribution in [3.05, 3.63) is 42.0 Å². The highest BCUT2D eigenvalue weighted by Crippen LogP contribution is 2.18. The highest BCUT2D eigenvalue weighted by molar-refractivity contribution is 6.14. The van der Waals surface area contributed by atoms with Crippen molar-refractivity contribution in [2.24, 2.45) is 17.1 Å². The number of carbonyl (C=O) groups excluding carboxylic acids is 8. The first-order valence-electron chi connectivity index (χ1n) is 16.5. The lowest BCUT2D eigenvalue weighted by Crippen LogP contribution is -2.58. The Hall–Kier alpha value is -5.81. The fourth-order valence-corrected chi connectivity index (χ4v) is 4.62. The van der Waals surface area contributed by atoms with Crippen LogP contribution in [0.2, 0.25) is 0 Å². The van der Waals surface area contributed by atoms with Crippen LogP contribution in [-0.4, -0.2) is 94.6 Å². The first-order chi connectivity index (χ1) is 24.3. The van der Waals surface area contributed by atoms with Gasteiger partial charge in [-0.15, -0.1) is 0 Å². The summed E-state index contributed by atoms with van der Waals surface area (Å²) in [5, 5.41) is 21.8. The summed E-state index contributed by atoms with van der Waals surface area (Å²) in [6.07, 6.45) is 1.29. The fourth-order valence-electron chi connectivity index (χ4n) is 4.62. The minimum atomic E-state index is -1.46. The zero-order valence-electron chi connectivity index (χ0n) is 29.8. The lowest BCUT2D eigenvalue weighted by Gasteiger charge is -2.27. The minimum absolute atomic E-state index is 0.0221. The number of primary amides is 1. The second-order valence-corrected chi connectivity index (χ2v) is 13.4. The molecule has 0 radical (unpaired) electrons. The zero-order chi connectivity index (χ0) is 39.2. The van der Waals surface area contributed by atoms with Crippen molar-refractivity contribution in [2.75, 3.05) is 18.4 Å². The number of nitrogens with one attached hydrogen (secondary N) is 5. The molecular formula is C34H47N7O11. The van der Waals surface area contributed by atoms with Crippen LogP contribution >= 0.6 is 0 Å². The molecule has 1 aliphatic heterocycles. The molecule has 52 heavy (non-hydrogen) atoms. The smallest absolute Gasteiger partial charge is 0.312 e. The van der Waals surface area contributed by atoms with Gasteiger partial charge in [0.15, 0.2) is 0 Å². The molecule has 0 fully saturated rings. The molecule has 18 heteroatoms. The lowest BCUT2D eigenvalue weighted by atomic mass is 9.97. The quantitative estimate of drug-likeness (QED) is 0.0568. The van der Waals surface area contributed by atoms with Gasteiger partial charge in [0.25, 0.3) is 11.8 Å². The summed E-state index contributed by atoms with van der Waals surface area (Å²) < 4.78 is 5.31. The molecule has 1 heterocycles.